The van der Waals surface area contributed by atoms with Gasteiger partial charge in [0, 0.05) is 38.5 Å². The molecule has 1 aliphatic heterocycles. The van der Waals surface area contributed by atoms with Crippen molar-refractivity contribution in [3.63, 3.8) is 0 Å². The van der Waals surface area contributed by atoms with E-state index in [1.54, 1.807) is 16.7 Å². The summed E-state index contributed by atoms with van der Waals surface area (Å²) in [6.07, 6.45) is 3.80. The van der Waals surface area contributed by atoms with Gasteiger partial charge in [-0.25, -0.2) is 14.6 Å². The molecule has 0 aromatic carbocycles. The molecule has 1 N–H and O–H groups in total. The van der Waals surface area contributed by atoms with Crippen LogP contribution >= 0.6 is 0 Å². The van der Waals surface area contributed by atoms with Gasteiger partial charge >= 0.3 is 12.1 Å². The number of nitrogens with one attached hydrogen (secondary N) is 1. The van der Waals surface area contributed by atoms with Crippen molar-refractivity contribution < 1.29 is 19.1 Å². The maximum Gasteiger partial charge on any atom is 0.410 e. The van der Waals surface area contributed by atoms with E-state index in [-0.39, 0.29) is 24.1 Å². The molecule has 1 fully saturated rings. The van der Waals surface area contributed by atoms with Crippen LogP contribution in [0.15, 0.2) is 17.1 Å². The second-order valence-corrected chi connectivity index (χ2v) is 7.02. The molecule has 1 aromatic rings. The van der Waals surface area contributed by atoms with Crippen molar-refractivity contribution in [2.45, 2.75) is 33.3 Å². The molecule has 2 heterocycles. The summed E-state index contributed by atoms with van der Waals surface area (Å²) < 4.78 is 10.2. The molecule has 2 rings (SSSR count). The predicted molar refractivity (Wildman–Crippen MR) is 101 cm³/mol. The van der Waals surface area contributed by atoms with Crippen molar-refractivity contribution in [3.05, 3.63) is 28.3 Å². The summed E-state index contributed by atoms with van der Waals surface area (Å²) >= 11 is 0. The summed E-state index contributed by atoms with van der Waals surface area (Å²) in [5.41, 5.74) is -0.437. The number of nitrogens with zero attached hydrogens (tertiary/aromatic N) is 3. The van der Waals surface area contributed by atoms with Crippen LogP contribution in [0.4, 0.5) is 10.6 Å². The van der Waals surface area contributed by atoms with Gasteiger partial charge in [-0.15, -0.1) is 0 Å². The van der Waals surface area contributed by atoms with Gasteiger partial charge in [0.1, 0.15) is 5.60 Å². The fraction of sp³-hybridized carbons (Fsp3) is 0.556. The van der Waals surface area contributed by atoms with Crippen LogP contribution in [-0.4, -0.2) is 65.3 Å². The number of ether oxygens (including phenoxy) is 2. The molecule has 0 atom stereocenters. The predicted octanol–water partition coefficient (Wildman–Crippen LogP) is 1.40. The number of H-pyrrole nitrogens is 1. The van der Waals surface area contributed by atoms with E-state index in [1.165, 1.54) is 18.3 Å². The minimum absolute atomic E-state index is 0.254. The van der Waals surface area contributed by atoms with Crippen LogP contribution in [0.25, 0.3) is 6.08 Å². The molecule has 0 unspecified atom stereocenters. The molecule has 0 spiro atoms. The SMILES string of the molecule is CCOC(=O)/C=C/c1c[nH]c(=O)c(N2CCN(C(=O)OC(C)(C)C)CC2)n1. The van der Waals surface area contributed by atoms with Gasteiger partial charge in [-0.3, -0.25) is 4.79 Å². The molecule has 9 heteroatoms. The highest BCUT2D eigenvalue weighted by Gasteiger charge is 2.27. The number of carbonyl (C=O) groups excluding carboxylic acids is 2. The van der Waals surface area contributed by atoms with Crippen LogP contribution in [0.2, 0.25) is 0 Å². The molecule has 0 aliphatic carbocycles. The van der Waals surface area contributed by atoms with Gasteiger partial charge in [-0.05, 0) is 33.8 Å². The van der Waals surface area contributed by atoms with E-state index in [0.717, 1.165) is 0 Å². The fourth-order valence-corrected chi connectivity index (χ4v) is 2.48. The third kappa shape index (κ3) is 6.12. The largest absolute Gasteiger partial charge is 0.463 e. The van der Waals surface area contributed by atoms with Crippen LogP contribution in [0.3, 0.4) is 0 Å². The van der Waals surface area contributed by atoms with E-state index in [4.69, 9.17) is 9.47 Å². The number of hydrogen-bond acceptors (Lipinski definition) is 7. The average Bonchev–Trinajstić information content (AvgIpc) is 2.60. The standard InChI is InChI=1S/C18H26N4O5/c1-5-26-14(23)7-6-13-12-19-16(24)15(20-13)21-8-10-22(11-9-21)17(25)27-18(2,3)4/h6-7,12H,5,8-11H2,1-4H3,(H,19,24)/b7-6+. The molecule has 9 nitrogen and oxygen atoms in total. The number of piperazine rings is 1. The van der Waals surface area contributed by atoms with Gasteiger partial charge < -0.3 is 24.3 Å². The summed E-state index contributed by atoms with van der Waals surface area (Å²) in [5.74, 6) is -0.220. The van der Waals surface area contributed by atoms with Crippen molar-refractivity contribution in [2.24, 2.45) is 0 Å². The lowest BCUT2D eigenvalue weighted by molar-refractivity contribution is -0.137. The van der Waals surface area contributed by atoms with Crippen molar-refractivity contribution in [1.29, 1.82) is 0 Å². The Morgan fingerprint density at radius 2 is 1.93 bits per heavy atom. The lowest BCUT2D eigenvalue weighted by atomic mass is 10.2. The van der Waals surface area contributed by atoms with Crippen LogP contribution in [0.1, 0.15) is 33.4 Å². The molecule has 1 aromatic heterocycles. The number of aromatic amines is 1. The van der Waals surface area contributed by atoms with Crippen molar-refractivity contribution in [2.75, 3.05) is 37.7 Å². The zero-order valence-electron chi connectivity index (χ0n) is 16.2. The number of rotatable bonds is 4. The number of hydrogen-bond donors (Lipinski definition) is 1. The molecule has 27 heavy (non-hydrogen) atoms. The maximum atomic E-state index is 12.1. The quantitative estimate of drug-likeness (QED) is 0.624. The molecule has 1 aliphatic rings. The van der Waals surface area contributed by atoms with E-state index in [0.29, 0.717) is 31.9 Å². The Bertz CT molecular complexity index is 758. The summed E-state index contributed by atoms with van der Waals surface area (Å²) in [5, 5.41) is 0. The van der Waals surface area contributed by atoms with Crippen LogP contribution in [0.5, 0.6) is 0 Å². The zero-order chi connectivity index (χ0) is 20.0. The summed E-state index contributed by atoms with van der Waals surface area (Å²) in [6, 6.07) is 0. The van der Waals surface area contributed by atoms with Gasteiger partial charge in [0.15, 0.2) is 5.82 Å². The van der Waals surface area contributed by atoms with Gasteiger partial charge in [0.2, 0.25) is 0 Å². The Morgan fingerprint density at radius 3 is 2.52 bits per heavy atom. The third-order valence-corrected chi connectivity index (χ3v) is 3.70. The first-order valence-electron chi connectivity index (χ1n) is 8.87. The first-order valence-corrected chi connectivity index (χ1v) is 8.87. The topological polar surface area (TPSA) is 105 Å². The Hall–Kier alpha value is -2.84. The van der Waals surface area contributed by atoms with Crippen LogP contribution in [-0.2, 0) is 14.3 Å². The number of esters is 1. The average molecular weight is 378 g/mol. The fourth-order valence-electron chi connectivity index (χ4n) is 2.48. The summed E-state index contributed by atoms with van der Waals surface area (Å²) in [7, 11) is 0. The zero-order valence-corrected chi connectivity index (χ0v) is 16.2. The Morgan fingerprint density at radius 1 is 1.26 bits per heavy atom. The van der Waals surface area contributed by atoms with E-state index < -0.39 is 11.6 Å². The third-order valence-electron chi connectivity index (χ3n) is 3.70. The normalized spacial score (nSPS) is 15.1. The Kier molecular flexibility index (Phi) is 6.59. The minimum atomic E-state index is -0.549. The van der Waals surface area contributed by atoms with E-state index in [9.17, 15) is 14.4 Å². The first kappa shape index (κ1) is 20.5. The maximum absolute atomic E-state index is 12.1. The molecule has 0 saturated carbocycles. The molecule has 0 bridgehead atoms. The lowest BCUT2D eigenvalue weighted by Crippen LogP contribution is -2.51. The number of carbonyl (C=O) groups is 2. The van der Waals surface area contributed by atoms with Gasteiger partial charge in [-0.1, -0.05) is 0 Å². The second-order valence-electron chi connectivity index (χ2n) is 7.02. The summed E-state index contributed by atoms with van der Waals surface area (Å²) in [4.78, 5) is 46.0. The highest BCUT2D eigenvalue weighted by atomic mass is 16.6. The summed E-state index contributed by atoms with van der Waals surface area (Å²) in [6.45, 7) is 9.24. The van der Waals surface area contributed by atoms with Gasteiger partial charge in [-0.2, -0.15) is 0 Å². The van der Waals surface area contributed by atoms with Gasteiger partial charge in [0.25, 0.3) is 5.56 Å². The second kappa shape index (κ2) is 8.70. The van der Waals surface area contributed by atoms with Crippen molar-refractivity contribution in [1.82, 2.24) is 14.9 Å². The van der Waals surface area contributed by atoms with E-state index in [2.05, 4.69) is 9.97 Å². The highest BCUT2D eigenvalue weighted by molar-refractivity contribution is 5.86. The van der Waals surface area contributed by atoms with Gasteiger partial charge in [0.05, 0.1) is 12.3 Å². The molecule has 0 radical (unpaired) electrons. The van der Waals surface area contributed by atoms with Crippen LogP contribution in [0, 0.1) is 0 Å². The number of amides is 1. The van der Waals surface area contributed by atoms with Crippen molar-refractivity contribution in [3.8, 4) is 0 Å². The smallest absolute Gasteiger partial charge is 0.410 e. The first-order chi connectivity index (χ1) is 12.7. The van der Waals surface area contributed by atoms with Crippen LogP contribution < -0.4 is 10.5 Å². The minimum Gasteiger partial charge on any atom is -0.463 e. The number of aromatic nitrogens is 2. The molecule has 1 saturated heterocycles. The Balaban J connectivity index is 2.03. The highest BCUT2D eigenvalue weighted by Crippen LogP contribution is 2.14. The Labute approximate surface area is 158 Å². The molecule has 1 amide bonds. The lowest BCUT2D eigenvalue weighted by Gasteiger charge is -2.35. The monoisotopic (exact) mass is 378 g/mol. The molecule has 148 valence electrons. The van der Waals surface area contributed by atoms with E-state index >= 15 is 0 Å². The molecular formula is C18H26N4O5. The number of anilines is 1. The van der Waals surface area contributed by atoms with Crippen molar-refractivity contribution >= 4 is 24.0 Å². The molecular weight excluding hydrogens is 352 g/mol. The van der Waals surface area contributed by atoms with E-state index in [1.807, 2.05) is 20.8 Å².